The standard InChI is InChI=1S/C16H13NO6/c18-16(15-10-21-13-3-1-2-4-14(13)23-15)22-9-11-5-7-12(8-6-11)17(19)20/h1-8,15H,9-10H2/t15-/m1/s1. The average Bonchev–Trinajstić information content (AvgIpc) is 2.59. The van der Waals surface area contributed by atoms with Crippen LogP contribution < -0.4 is 9.47 Å². The lowest BCUT2D eigenvalue weighted by atomic mass is 10.2. The Balaban J connectivity index is 1.57. The Kier molecular flexibility index (Phi) is 4.09. The summed E-state index contributed by atoms with van der Waals surface area (Å²) in [5, 5.41) is 10.6. The lowest BCUT2D eigenvalue weighted by molar-refractivity contribution is -0.384. The lowest BCUT2D eigenvalue weighted by Gasteiger charge is -2.24. The van der Waals surface area contributed by atoms with Crippen LogP contribution in [0.4, 0.5) is 5.69 Å². The lowest BCUT2D eigenvalue weighted by Crippen LogP contribution is -2.37. The summed E-state index contributed by atoms with van der Waals surface area (Å²) in [5.74, 6) is 0.542. The largest absolute Gasteiger partial charge is 0.485 e. The molecular formula is C16H13NO6. The fourth-order valence-corrected chi connectivity index (χ4v) is 2.10. The molecule has 2 aromatic carbocycles. The second-order valence-electron chi connectivity index (χ2n) is 4.90. The maximum absolute atomic E-state index is 12.0. The molecule has 0 saturated heterocycles. The van der Waals surface area contributed by atoms with Gasteiger partial charge in [0.05, 0.1) is 4.92 Å². The Morgan fingerprint density at radius 1 is 1.17 bits per heavy atom. The summed E-state index contributed by atoms with van der Waals surface area (Å²) in [6, 6.07) is 12.9. The highest BCUT2D eigenvalue weighted by Gasteiger charge is 2.28. The van der Waals surface area contributed by atoms with Gasteiger partial charge in [-0.25, -0.2) is 4.79 Å². The van der Waals surface area contributed by atoms with Gasteiger partial charge in [0.2, 0.25) is 6.10 Å². The zero-order valence-electron chi connectivity index (χ0n) is 12.0. The van der Waals surface area contributed by atoms with Gasteiger partial charge >= 0.3 is 5.97 Å². The van der Waals surface area contributed by atoms with Crippen molar-refractivity contribution in [1.29, 1.82) is 0 Å². The number of nitro benzene ring substituents is 1. The van der Waals surface area contributed by atoms with Crippen molar-refractivity contribution in [3.05, 3.63) is 64.2 Å². The molecule has 1 heterocycles. The minimum Gasteiger partial charge on any atom is -0.485 e. The Labute approximate surface area is 131 Å². The van der Waals surface area contributed by atoms with Crippen molar-refractivity contribution in [1.82, 2.24) is 0 Å². The monoisotopic (exact) mass is 315 g/mol. The van der Waals surface area contributed by atoms with Gasteiger partial charge in [0, 0.05) is 12.1 Å². The Morgan fingerprint density at radius 3 is 2.57 bits per heavy atom. The van der Waals surface area contributed by atoms with Crippen molar-refractivity contribution in [2.24, 2.45) is 0 Å². The molecule has 0 N–H and O–H groups in total. The molecule has 0 unspecified atom stereocenters. The molecule has 3 rings (SSSR count). The summed E-state index contributed by atoms with van der Waals surface area (Å²) in [6.07, 6.45) is -0.831. The number of hydrogen-bond acceptors (Lipinski definition) is 6. The zero-order chi connectivity index (χ0) is 16.2. The van der Waals surface area contributed by atoms with Gasteiger partial charge in [-0.05, 0) is 29.8 Å². The van der Waals surface area contributed by atoms with E-state index in [0.29, 0.717) is 17.1 Å². The number of carbonyl (C=O) groups is 1. The van der Waals surface area contributed by atoms with Crippen molar-refractivity contribution < 1.29 is 23.9 Å². The van der Waals surface area contributed by atoms with Crippen LogP contribution >= 0.6 is 0 Å². The molecule has 1 aliphatic heterocycles. The van der Waals surface area contributed by atoms with Gasteiger partial charge in [0.15, 0.2) is 11.5 Å². The first-order chi connectivity index (χ1) is 11.1. The summed E-state index contributed by atoms with van der Waals surface area (Å²) >= 11 is 0. The van der Waals surface area contributed by atoms with Crippen LogP contribution in [-0.4, -0.2) is 23.6 Å². The molecule has 1 aliphatic rings. The normalized spacial score (nSPS) is 15.7. The highest BCUT2D eigenvalue weighted by atomic mass is 16.6. The van der Waals surface area contributed by atoms with Crippen molar-refractivity contribution in [3.63, 3.8) is 0 Å². The number of hydrogen-bond donors (Lipinski definition) is 0. The first-order valence-electron chi connectivity index (χ1n) is 6.92. The van der Waals surface area contributed by atoms with E-state index in [-0.39, 0.29) is 18.9 Å². The van der Waals surface area contributed by atoms with Gasteiger partial charge in [0.1, 0.15) is 13.2 Å². The number of para-hydroxylation sites is 2. The first-order valence-corrected chi connectivity index (χ1v) is 6.92. The zero-order valence-corrected chi connectivity index (χ0v) is 12.0. The van der Waals surface area contributed by atoms with E-state index in [1.165, 1.54) is 12.1 Å². The molecule has 0 amide bonds. The maximum Gasteiger partial charge on any atom is 0.351 e. The van der Waals surface area contributed by atoms with E-state index < -0.39 is 17.0 Å². The fourth-order valence-electron chi connectivity index (χ4n) is 2.10. The minimum atomic E-state index is -0.831. The van der Waals surface area contributed by atoms with E-state index in [2.05, 4.69) is 0 Å². The number of benzene rings is 2. The van der Waals surface area contributed by atoms with E-state index in [1.807, 2.05) is 6.07 Å². The molecule has 0 bridgehead atoms. The minimum absolute atomic E-state index is 0.0122. The average molecular weight is 315 g/mol. The number of carbonyl (C=O) groups excluding carboxylic acids is 1. The highest BCUT2D eigenvalue weighted by Crippen LogP contribution is 2.31. The Hall–Kier alpha value is -3.09. The molecule has 2 aromatic rings. The Morgan fingerprint density at radius 2 is 1.87 bits per heavy atom. The summed E-state index contributed by atoms with van der Waals surface area (Å²) in [5.41, 5.74) is 0.641. The summed E-state index contributed by atoms with van der Waals surface area (Å²) < 4.78 is 16.2. The van der Waals surface area contributed by atoms with Crippen molar-refractivity contribution >= 4 is 11.7 Å². The highest BCUT2D eigenvalue weighted by molar-refractivity contribution is 5.76. The van der Waals surface area contributed by atoms with Gasteiger partial charge in [-0.1, -0.05) is 12.1 Å². The molecule has 0 radical (unpaired) electrons. The van der Waals surface area contributed by atoms with Gasteiger partial charge in [-0.2, -0.15) is 0 Å². The smallest absolute Gasteiger partial charge is 0.351 e. The summed E-state index contributed by atoms with van der Waals surface area (Å²) in [6.45, 7) is 0.0917. The van der Waals surface area contributed by atoms with Gasteiger partial charge < -0.3 is 14.2 Å². The first kappa shape index (κ1) is 14.8. The maximum atomic E-state index is 12.0. The molecule has 7 nitrogen and oxygen atoms in total. The van der Waals surface area contributed by atoms with Gasteiger partial charge in [-0.3, -0.25) is 10.1 Å². The van der Waals surface area contributed by atoms with E-state index in [4.69, 9.17) is 14.2 Å². The number of ether oxygens (including phenoxy) is 3. The third kappa shape index (κ3) is 3.39. The van der Waals surface area contributed by atoms with E-state index in [9.17, 15) is 14.9 Å². The number of nitrogens with zero attached hydrogens (tertiary/aromatic N) is 1. The number of nitro groups is 1. The molecule has 23 heavy (non-hydrogen) atoms. The van der Waals surface area contributed by atoms with Crippen LogP contribution in [0.1, 0.15) is 5.56 Å². The third-order valence-electron chi connectivity index (χ3n) is 3.30. The van der Waals surface area contributed by atoms with Crippen LogP contribution in [0.15, 0.2) is 48.5 Å². The summed E-state index contributed by atoms with van der Waals surface area (Å²) in [4.78, 5) is 22.1. The molecule has 0 spiro atoms. The van der Waals surface area contributed by atoms with Crippen molar-refractivity contribution in [2.45, 2.75) is 12.7 Å². The van der Waals surface area contributed by atoms with Crippen molar-refractivity contribution in [3.8, 4) is 11.5 Å². The molecule has 0 fully saturated rings. The van der Waals surface area contributed by atoms with Gasteiger partial charge in [0.25, 0.3) is 5.69 Å². The van der Waals surface area contributed by atoms with Crippen LogP contribution in [0.25, 0.3) is 0 Å². The number of rotatable bonds is 4. The van der Waals surface area contributed by atoms with Crippen LogP contribution in [0, 0.1) is 10.1 Å². The van der Waals surface area contributed by atoms with E-state index in [1.54, 1.807) is 30.3 Å². The predicted octanol–water partition coefficient (Wildman–Crippen LogP) is 2.48. The number of esters is 1. The molecule has 0 aliphatic carbocycles. The van der Waals surface area contributed by atoms with Crippen molar-refractivity contribution in [2.75, 3.05) is 6.61 Å². The van der Waals surface area contributed by atoms with Crippen LogP contribution in [0.5, 0.6) is 11.5 Å². The Bertz CT molecular complexity index is 728. The van der Waals surface area contributed by atoms with E-state index >= 15 is 0 Å². The number of fused-ring (bicyclic) bond motifs is 1. The summed E-state index contributed by atoms with van der Waals surface area (Å²) in [7, 11) is 0. The second-order valence-corrected chi connectivity index (χ2v) is 4.90. The topological polar surface area (TPSA) is 87.9 Å². The third-order valence-corrected chi connectivity index (χ3v) is 3.30. The molecule has 0 saturated carbocycles. The molecule has 1 atom stereocenters. The molecular weight excluding hydrogens is 302 g/mol. The van der Waals surface area contributed by atoms with Crippen LogP contribution in [0.2, 0.25) is 0 Å². The van der Waals surface area contributed by atoms with Crippen LogP contribution in [0.3, 0.4) is 0 Å². The SMILES string of the molecule is O=C(OCc1ccc([N+](=O)[O-])cc1)[C@H]1COc2ccccc2O1. The van der Waals surface area contributed by atoms with E-state index in [0.717, 1.165) is 0 Å². The predicted molar refractivity (Wildman–Crippen MR) is 79.2 cm³/mol. The van der Waals surface area contributed by atoms with Gasteiger partial charge in [-0.15, -0.1) is 0 Å². The molecule has 118 valence electrons. The van der Waals surface area contributed by atoms with Crippen LogP contribution in [-0.2, 0) is 16.1 Å². The fraction of sp³-hybridized carbons (Fsp3) is 0.188. The number of non-ortho nitro benzene ring substituents is 1. The quantitative estimate of drug-likeness (QED) is 0.489. The molecule has 0 aromatic heterocycles. The second kappa shape index (κ2) is 6.35. The molecule has 7 heteroatoms.